The summed E-state index contributed by atoms with van der Waals surface area (Å²) < 4.78 is 9.89. The summed E-state index contributed by atoms with van der Waals surface area (Å²) in [6, 6.07) is 0. The Balaban J connectivity index is 3.42. The minimum atomic E-state index is -0.494. The molecular weight excluding hydrogens is 168 g/mol. The van der Waals surface area contributed by atoms with Gasteiger partial charge in [-0.2, -0.15) is 0 Å². The number of methoxy groups -OCH3 is 2. The first-order valence-electron chi connectivity index (χ1n) is 4.99. The van der Waals surface area contributed by atoms with Gasteiger partial charge in [0.1, 0.15) is 6.10 Å². The Kier molecular flexibility index (Phi) is 8.40. The summed E-state index contributed by atoms with van der Waals surface area (Å²) >= 11 is 0. The summed E-state index contributed by atoms with van der Waals surface area (Å²) in [6.45, 7) is 2.17. The maximum Gasteiger partial charge on any atom is 0.182 e. The molecule has 0 bridgehead atoms. The van der Waals surface area contributed by atoms with Crippen LogP contribution in [0.15, 0.2) is 0 Å². The van der Waals surface area contributed by atoms with Gasteiger partial charge in [0.15, 0.2) is 6.29 Å². The second-order valence-electron chi connectivity index (χ2n) is 3.26. The molecule has 3 heteroatoms. The smallest absolute Gasteiger partial charge is 0.182 e. The highest BCUT2D eigenvalue weighted by atomic mass is 16.7. The molecule has 0 aliphatic rings. The van der Waals surface area contributed by atoms with Crippen LogP contribution in [0.3, 0.4) is 0 Å². The molecule has 0 heterocycles. The van der Waals surface area contributed by atoms with Gasteiger partial charge in [0.05, 0.1) is 0 Å². The summed E-state index contributed by atoms with van der Waals surface area (Å²) in [4.78, 5) is 0. The van der Waals surface area contributed by atoms with Crippen molar-refractivity contribution >= 4 is 0 Å². The lowest BCUT2D eigenvalue weighted by Crippen LogP contribution is -2.29. The number of hydrogen-bond acceptors (Lipinski definition) is 3. The van der Waals surface area contributed by atoms with Crippen molar-refractivity contribution < 1.29 is 14.6 Å². The molecule has 0 aromatic heterocycles. The van der Waals surface area contributed by atoms with Crippen LogP contribution in [-0.2, 0) is 9.47 Å². The molecule has 80 valence electrons. The highest BCUT2D eigenvalue weighted by Crippen LogP contribution is 2.10. The van der Waals surface area contributed by atoms with Gasteiger partial charge in [-0.1, -0.05) is 32.6 Å². The van der Waals surface area contributed by atoms with Crippen molar-refractivity contribution in [3.05, 3.63) is 0 Å². The fourth-order valence-corrected chi connectivity index (χ4v) is 1.33. The average molecular weight is 190 g/mol. The quantitative estimate of drug-likeness (QED) is 0.469. The van der Waals surface area contributed by atoms with Crippen molar-refractivity contribution in [2.45, 2.75) is 51.4 Å². The number of ether oxygens (including phenoxy) is 2. The topological polar surface area (TPSA) is 38.7 Å². The van der Waals surface area contributed by atoms with Gasteiger partial charge < -0.3 is 14.6 Å². The molecule has 0 saturated heterocycles. The Hall–Kier alpha value is -0.120. The van der Waals surface area contributed by atoms with Crippen molar-refractivity contribution in [2.75, 3.05) is 14.2 Å². The molecule has 1 N–H and O–H groups in total. The van der Waals surface area contributed by atoms with Crippen molar-refractivity contribution in [3.8, 4) is 0 Å². The van der Waals surface area contributed by atoms with Crippen molar-refractivity contribution in [1.82, 2.24) is 0 Å². The van der Waals surface area contributed by atoms with Crippen molar-refractivity contribution in [3.63, 3.8) is 0 Å². The van der Waals surface area contributed by atoms with Crippen LogP contribution in [0.4, 0.5) is 0 Å². The highest BCUT2D eigenvalue weighted by molar-refractivity contribution is 4.59. The Morgan fingerprint density at radius 1 is 1.08 bits per heavy atom. The van der Waals surface area contributed by atoms with Crippen molar-refractivity contribution in [1.29, 1.82) is 0 Å². The largest absolute Gasteiger partial charge is 0.388 e. The van der Waals surface area contributed by atoms with Gasteiger partial charge in [0.2, 0.25) is 0 Å². The molecule has 0 radical (unpaired) electrons. The molecule has 0 rings (SSSR count). The van der Waals surface area contributed by atoms with Crippen LogP contribution in [0.2, 0.25) is 0 Å². The van der Waals surface area contributed by atoms with Crippen LogP contribution in [0.25, 0.3) is 0 Å². The monoisotopic (exact) mass is 190 g/mol. The van der Waals surface area contributed by atoms with E-state index >= 15 is 0 Å². The summed E-state index contributed by atoms with van der Waals surface area (Å²) in [7, 11) is 3.09. The van der Waals surface area contributed by atoms with E-state index in [0.717, 1.165) is 12.8 Å². The lowest BCUT2D eigenvalue weighted by molar-refractivity contribution is -0.165. The number of hydrogen-bond donors (Lipinski definition) is 1. The van der Waals surface area contributed by atoms with E-state index in [0.29, 0.717) is 0 Å². The zero-order valence-corrected chi connectivity index (χ0v) is 8.95. The van der Waals surface area contributed by atoms with E-state index in [1.807, 2.05) is 0 Å². The molecule has 1 atom stereocenters. The standard InChI is InChI=1S/C10H22O3/c1-4-5-6-7-8-9(11)10(12-2)13-3/h9-11H,4-8H2,1-3H3. The second-order valence-corrected chi connectivity index (χ2v) is 3.26. The van der Waals surface area contributed by atoms with E-state index in [2.05, 4.69) is 6.92 Å². The molecular formula is C10H22O3. The van der Waals surface area contributed by atoms with E-state index in [9.17, 15) is 5.11 Å². The lowest BCUT2D eigenvalue weighted by atomic mass is 10.1. The van der Waals surface area contributed by atoms with E-state index in [1.165, 1.54) is 19.3 Å². The number of aliphatic hydroxyl groups excluding tert-OH is 1. The molecule has 0 fully saturated rings. The van der Waals surface area contributed by atoms with Crippen LogP contribution < -0.4 is 0 Å². The Morgan fingerprint density at radius 2 is 1.69 bits per heavy atom. The normalized spacial score (nSPS) is 13.6. The van der Waals surface area contributed by atoms with Gasteiger partial charge in [-0.05, 0) is 6.42 Å². The van der Waals surface area contributed by atoms with Crippen LogP contribution in [0.5, 0.6) is 0 Å². The SMILES string of the molecule is CCCCCCC(O)C(OC)OC. The zero-order valence-electron chi connectivity index (χ0n) is 8.95. The third-order valence-electron chi connectivity index (χ3n) is 2.13. The molecule has 13 heavy (non-hydrogen) atoms. The van der Waals surface area contributed by atoms with Crippen LogP contribution >= 0.6 is 0 Å². The minimum Gasteiger partial charge on any atom is -0.388 e. The summed E-state index contributed by atoms with van der Waals surface area (Å²) in [5.74, 6) is 0. The lowest BCUT2D eigenvalue weighted by Gasteiger charge is -2.19. The first kappa shape index (κ1) is 12.9. The molecule has 0 aromatic carbocycles. The van der Waals surface area contributed by atoms with Crippen LogP contribution in [0.1, 0.15) is 39.0 Å². The summed E-state index contributed by atoms with van der Waals surface area (Å²) in [5, 5.41) is 9.56. The fourth-order valence-electron chi connectivity index (χ4n) is 1.33. The first-order chi connectivity index (χ1) is 6.26. The summed E-state index contributed by atoms with van der Waals surface area (Å²) in [6.07, 6.45) is 4.46. The van der Waals surface area contributed by atoms with E-state index in [1.54, 1.807) is 14.2 Å². The Bertz CT molecular complexity index is 102. The average Bonchev–Trinajstić information content (AvgIpc) is 2.14. The molecule has 1 unspecified atom stereocenters. The molecule has 3 nitrogen and oxygen atoms in total. The third kappa shape index (κ3) is 6.02. The zero-order chi connectivity index (χ0) is 10.1. The third-order valence-corrected chi connectivity index (χ3v) is 2.13. The number of rotatable bonds is 8. The Labute approximate surface area is 81.0 Å². The molecule has 0 saturated carbocycles. The van der Waals surface area contributed by atoms with Gasteiger partial charge in [0.25, 0.3) is 0 Å². The number of unbranched alkanes of at least 4 members (excludes halogenated alkanes) is 3. The first-order valence-corrected chi connectivity index (χ1v) is 4.99. The van der Waals surface area contributed by atoms with Gasteiger partial charge in [0, 0.05) is 14.2 Å². The van der Waals surface area contributed by atoms with Gasteiger partial charge in [-0.25, -0.2) is 0 Å². The molecule has 0 amide bonds. The maximum atomic E-state index is 9.56. The fraction of sp³-hybridized carbons (Fsp3) is 1.00. The van der Waals surface area contributed by atoms with Crippen molar-refractivity contribution in [2.24, 2.45) is 0 Å². The van der Waals surface area contributed by atoms with Gasteiger partial charge >= 0.3 is 0 Å². The van der Waals surface area contributed by atoms with Crippen LogP contribution in [-0.4, -0.2) is 31.7 Å². The highest BCUT2D eigenvalue weighted by Gasteiger charge is 2.16. The molecule has 0 aliphatic carbocycles. The molecule has 0 spiro atoms. The predicted octanol–water partition coefficient (Wildman–Crippen LogP) is 1.94. The van der Waals surface area contributed by atoms with Gasteiger partial charge in [-0.15, -0.1) is 0 Å². The maximum absolute atomic E-state index is 9.56. The number of aliphatic hydroxyl groups is 1. The summed E-state index contributed by atoms with van der Waals surface area (Å²) in [5.41, 5.74) is 0. The van der Waals surface area contributed by atoms with E-state index < -0.39 is 12.4 Å². The Morgan fingerprint density at radius 3 is 2.15 bits per heavy atom. The minimum absolute atomic E-state index is 0.471. The second kappa shape index (κ2) is 8.48. The van der Waals surface area contributed by atoms with E-state index in [4.69, 9.17) is 9.47 Å². The molecule has 0 aliphatic heterocycles. The molecule has 0 aromatic rings. The van der Waals surface area contributed by atoms with Gasteiger partial charge in [-0.3, -0.25) is 0 Å². The van der Waals surface area contributed by atoms with E-state index in [-0.39, 0.29) is 0 Å². The van der Waals surface area contributed by atoms with Crippen LogP contribution in [0, 0.1) is 0 Å². The predicted molar refractivity (Wildman–Crippen MR) is 52.6 cm³/mol.